The van der Waals surface area contributed by atoms with Gasteiger partial charge in [-0.05, 0) is 23.1 Å². The highest BCUT2D eigenvalue weighted by Crippen LogP contribution is 2.33. The molecule has 3 heterocycles. The van der Waals surface area contributed by atoms with Crippen molar-refractivity contribution in [3.05, 3.63) is 76.9 Å². The number of carbonyl (C=O) groups is 1. The number of nitrogens with zero attached hydrogens (tertiary/aromatic N) is 4. The molecule has 9 heteroatoms. The number of fused-ring (bicyclic) bond motifs is 1. The quantitative estimate of drug-likeness (QED) is 0.483. The first-order valence-electron chi connectivity index (χ1n) is 8.64. The molecule has 0 aliphatic heterocycles. The average Bonchev–Trinajstić information content (AvgIpc) is 3.36. The van der Waals surface area contributed by atoms with Crippen molar-refractivity contribution in [1.29, 1.82) is 0 Å². The molecule has 0 atom stereocenters. The number of aromatic nitrogens is 3. The van der Waals surface area contributed by atoms with Crippen LogP contribution in [0.1, 0.15) is 21.7 Å². The van der Waals surface area contributed by atoms with E-state index in [9.17, 15) is 18.0 Å². The van der Waals surface area contributed by atoms with Gasteiger partial charge in [0.05, 0.1) is 10.6 Å². The topological polar surface area (TPSA) is 50.5 Å². The van der Waals surface area contributed by atoms with E-state index in [1.54, 1.807) is 24.6 Å². The maximum Gasteiger partial charge on any atom is 0.433 e. The van der Waals surface area contributed by atoms with Crippen molar-refractivity contribution in [3.8, 4) is 10.6 Å². The predicted octanol–water partition coefficient (Wildman–Crippen LogP) is 4.75. The number of benzene rings is 1. The molecule has 0 unspecified atom stereocenters. The van der Waals surface area contributed by atoms with E-state index in [4.69, 9.17) is 0 Å². The van der Waals surface area contributed by atoms with Gasteiger partial charge in [0.25, 0.3) is 5.91 Å². The van der Waals surface area contributed by atoms with Crippen LogP contribution in [0, 0.1) is 0 Å². The Balaban J connectivity index is 1.74. The van der Waals surface area contributed by atoms with Crippen molar-refractivity contribution in [1.82, 2.24) is 19.5 Å². The normalized spacial score (nSPS) is 11.7. The Morgan fingerprint density at radius 3 is 2.55 bits per heavy atom. The minimum absolute atomic E-state index is 0.0281. The third-order valence-corrected chi connectivity index (χ3v) is 5.21. The number of rotatable bonds is 4. The molecule has 3 aromatic heterocycles. The number of hydrogen-bond donors (Lipinski definition) is 0. The van der Waals surface area contributed by atoms with Crippen molar-refractivity contribution in [3.63, 3.8) is 0 Å². The lowest BCUT2D eigenvalue weighted by Crippen LogP contribution is -2.26. The monoisotopic (exact) mass is 416 g/mol. The molecular formula is C20H15F3N4OS. The zero-order valence-corrected chi connectivity index (χ0v) is 16.0. The van der Waals surface area contributed by atoms with E-state index >= 15 is 0 Å². The Morgan fingerprint density at radius 2 is 1.90 bits per heavy atom. The number of carbonyl (C=O) groups excluding carboxylic acids is 1. The molecule has 1 aromatic carbocycles. The maximum absolute atomic E-state index is 13.6. The smallest absolute Gasteiger partial charge is 0.336 e. The van der Waals surface area contributed by atoms with Gasteiger partial charge in [0.15, 0.2) is 17.0 Å². The molecule has 4 aromatic rings. The predicted molar refractivity (Wildman–Crippen MR) is 104 cm³/mol. The Labute approximate surface area is 168 Å². The standard InChI is InChI=1S/C20H15F3N4OS/c1-26(12-13-6-3-2-4-7-13)19(28)15-11-18-24-14(16-8-5-9-29-16)10-17(20(21,22)23)27(18)25-15/h2-11H,12H2,1H3. The molecule has 0 spiro atoms. The van der Waals surface area contributed by atoms with Gasteiger partial charge in [0, 0.05) is 19.7 Å². The molecule has 0 saturated heterocycles. The number of halogens is 3. The summed E-state index contributed by atoms with van der Waals surface area (Å²) in [6.07, 6.45) is -4.64. The molecule has 4 rings (SSSR count). The van der Waals surface area contributed by atoms with Crippen LogP contribution in [0.4, 0.5) is 13.2 Å². The number of alkyl halides is 3. The Morgan fingerprint density at radius 1 is 1.14 bits per heavy atom. The summed E-state index contributed by atoms with van der Waals surface area (Å²) in [6.45, 7) is 0.313. The molecule has 29 heavy (non-hydrogen) atoms. The third kappa shape index (κ3) is 3.86. The van der Waals surface area contributed by atoms with Crippen molar-refractivity contribution >= 4 is 22.9 Å². The Hall–Kier alpha value is -3.20. The fourth-order valence-corrected chi connectivity index (χ4v) is 3.64. The zero-order chi connectivity index (χ0) is 20.6. The first-order valence-corrected chi connectivity index (χ1v) is 9.52. The van der Waals surface area contributed by atoms with Gasteiger partial charge in [0.2, 0.25) is 0 Å². The van der Waals surface area contributed by atoms with Crippen molar-refractivity contribution in [2.75, 3.05) is 7.05 Å². The van der Waals surface area contributed by atoms with E-state index in [-0.39, 0.29) is 17.0 Å². The lowest BCUT2D eigenvalue weighted by Gasteiger charge is -2.15. The first-order chi connectivity index (χ1) is 13.8. The molecule has 0 radical (unpaired) electrons. The van der Waals surface area contributed by atoms with Crippen molar-refractivity contribution in [2.24, 2.45) is 0 Å². The Kier molecular flexibility index (Phi) is 4.83. The van der Waals surface area contributed by atoms with Gasteiger partial charge in [-0.15, -0.1) is 11.3 Å². The summed E-state index contributed by atoms with van der Waals surface area (Å²) in [5, 5.41) is 5.67. The fraction of sp³-hybridized carbons (Fsp3) is 0.150. The summed E-state index contributed by atoms with van der Waals surface area (Å²) in [6, 6.07) is 15.0. The van der Waals surface area contributed by atoms with Gasteiger partial charge in [-0.25, -0.2) is 9.50 Å². The number of amides is 1. The van der Waals surface area contributed by atoms with Crippen LogP contribution >= 0.6 is 11.3 Å². The summed E-state index contributed by atoms with van der Waals surface area (Å²) in [5.74, 6) is -0.481. The van der Waals surface area contributed by atoms with Crippen LogP contribution in [-0.2, 0) is 12.7 Å². The zero-order valence-electron chi connectivity index (χ0n) is 15.2. The van der Waals surface area contributed by atoms with E-state index in [1.165, 1.54) is 22.3 Å². The van der Waals surface area contributed by atoms with Crippen LogP contribution in [0.3, 0.4) is 0 Å². The molecule has 148 valence electrons. The summed E-state index contributed by atoms with van der Waals surface area (Å²) in [4.78, 5) is 19.0. The van der Waals surface area contributed by atoms with Gasteiger partial charge in [-0.3, -0.25) is 4.79 Å². The van der Waals surface area contributed by atoms with Crippen LogP contribution in [0.25, 0.3) is 16.2 Å². The lowest BCUT2D eigenvalue weighted by atomic mass is 10.2. The van der Waals surface area contributed by atoms with Gasteiger partial charge in [0.1, 0.15) is 0 Å². The van der Waals surface area contributed by atoms with Gasteiger partial charge >= 0.3 is 6.18 Å². The van der Waals surface area contributed by atoms with Gasteiger partial charge in [-0.2, -0.15) is 18.3 Å². The molecular weight excluding hydrogens is 401 g/mol. The van der Waals surface area contributed by atoms with Crippen molar-refractivity contribution < 1.29 is 18.0 Å². The van der Waals surface area contributed by atoms with E-state index in [2.05, 4.69) is 10.1 Å². The summed E-state index contributed by atoms with van der Waals surface area (Å²) >= 11 is 1.29. The third-order valence-electron chi connectivity index (χ3n) is 4.32. The molecule has 0 fully saturated rings. The lowest BCUT2D eigenvalue weighted by molar-refractivity contribution is -0.142. The number of thiophene rings is 1. The van der Waals surface area contributed by atoms with Crippen LogP contribution in [0.15, 0.2) is 60.0 Å². The first kappa shape index (κ1) is 19.1. The second kappa shape index (κ2) is 7.32. The average molecular weight is 416 g/mol. The minimum atomic E-state index is -4.64. The van der Waals surface area contributed by atoms with E-state index < -0.39 is 17.8 Å². The van der Waals surface area contributed by atoms with E-state index in [0.29, 0.717) is 15.9 Å². The fourth-order valence-electron chi connectivity index (χ4n) is 2.96. The van der Waals surface area contributed by atoms with Gasteiger partial charge in [-0.1, -0.05) is 36.4 Å². The molecule has 0 N–H and O–H groups in total. The van der Waals surface area contributed by atoms with E-state index in [0.717, 1.165) is 11.6 Å². The second-order valence-corrected chi connectivity index (χ2v) is 7.40. The minimum Gasteiger partial charge on any atom is -0.336 e. The summed E-state index contributed by atoms with van der Waals surface area (Å²) in [7, 11) is 1.58. The van der Waals surface area contributed by atoms with Gasteiger partial charge < -0.3 is 4.90 Å². The summed E-state index contributed by atoms with van der Waals surface area (Å²) in [5.41, 5.74) is -0.00215. The van der Waals surface area contributed by atoms with Crippen LogP contribution in [0.5, 0.6) is 0 Å². The Bertz CT molecular complexity index is 1150. The summed E-state index contributed by atoms with van der Waals surface area (Å²) < 4.78 is 41.5. The highest BCUT2D eigenvalue weighted by molar-refractivity contribution is 7.13. The molecule has 1 amide bonds. The van der Waals surface area contributed by atoms with Crippen molar-refractivity contribution in [2.45, 2.75) is 12.7 Å². The maximum atomic E-state index is 13.6. The number of hydrogen-bond acceptors (Lipinski definition) is 4. The largest absolute Gasteiger partial charge is 0.433 e. The highest BCUT2D eigenvalue weighted by atomic mass is 32.1. The highest BCUT2D eigenvalue weighted by Gasteiger charge is 2.36. The molecule has 0 bridgehead atoms. The SMILES string of the molecule is CN(Cc1ccccc1)C(=O)c1cc2nc(-c3cccs3)cc(C(F)(F)F)n2n1. The van der Waals surface area contributed by atoms with Crippen LogP contribution < -0.4 is 0 Å². The molecule has 0 aliphatic rings. The molecule has 5 nitrogen and oxygen atoms in total. The molecule has 0 saturated carbocycles. The van der Waals surface area contributed by atoms with Crippen LogP contribution in [0.2, 0.25) is 0 Å². The molecule has 0 aliphatic carbocycles. The second-order valence-electron chi connectivity index (χ2n) is 6.45. The van der Waals surface area contributed by atoms with E-state index in [1.807, 2.05) is 30.3 Å². The van der Waals surface area contributed by atoms with Crippen LogP contribution in [-0.4, -0.2) is 32.5 Å².